The largest absolute Gasteiger partial charge is 0.419 e. The van der Waals surface area contributed by atoms with Gasteiger partial charge in [0.15, 0.2) is 0 Å². The first-order valence-corrected chi connectivity index (χ1v) is 5.52. The Kier molecular flexibility index (Phi) is 2.61. The van der Waals surface area contributed by atoms with Crippen LogP contribution in [0, 0.1) is 2.88 Å². The van der Waals surface area contributed by atoms with Crippen molar-refractivity contribution >= 4 is 33.9 Å². The molecule has 6 heteroatoms. The number of hydrogen-bond donors (Lipinski definition) is 1. The fraction of sp³-hybridized carbons (Fsp3) is 0.143. The maximum Gasteiger partial charge on any atom is 0.248 e. The van der Waals surface area contributed by atoms with Gasteiger partial charge in [-0.25, -0.2) is 0 Å². The number of thiophene rings is 1. The van der Waals surface area contributed by atoms with E-state index in [2.05, 4.69) is 32.8 Å². The van der Waals surface area contributed by atoms with Gasteiger partial charge in [-0.05, 0) is 28.7 Å². The summed E-state index contributed by atoms with van der Waals surface area (Å²) in [7, 11) is 0. The Morgan fingerprint density at radius 3 is 2.92 bits per heavy atom. The van der Waals surface area contributed by atoms with Crippen molar-refractivity contribution in [2.24, 2.45) is 5.73 Å². The van der Waals surface area contributed by atoms with Crippen molar-refractivity contribution in [3.05, 3.63) is 20.2 Å². The third-order valence-corrected chi connectivity index (χ3v) is 3.24. The first-order valence-electron chi connectivity index (χ1n) is 3.56. The molecule has 2 aromatic heterocycles. The highest BCUT2D eigenvalue weighted by atomic mass is 127. The minimum atomic E-state index is 0.286. The van der Waals surface area contributed by atoms with E-state index in [0.29, 0.717) is 11.8 Å². The molecule has 0 fully saturated rings. The zero-order chi connectivity index (χ0) is 9.26. The van der Waals surface area contributed by atoms with Gasteiger partial charge >= 0.3 is 0 Å². The molecule has 2 aromatic rings. The lowest BCUT2D eigenvalue weighted by atomic mass is 10.3. The Bertz CT molecular complexity index is 411. The van der Waals surface area contributed by atoms with Gasteiger partial charge < -0.3 is 10.2 Å². The molecule has 0 aromatic carbocycles. The summed E-state index contributed by atoms with van der Waals surface area (Å²) < 4.78 is 6.48. The molecule has 0 aliphatic rings. The second-order valence-electron chi connectivity index (χ2n) is 2.34. The third kappa shape index (κ3) is 1.89. The minimum Gasteiger partial charge on any atom is -0.419 e. The van der Waals surface area contributed by atoms with E-state index in [-0.39, 0.29) is 6.54 Å². The Labute approximate surface area is 92.3 Å². The molecular weight excluding hydrogens is 301 g/mol. The van der Waals surface area contributed by atoms with Crippen molar-refractivity contribution in [3.8, 4) is 11.5 Å². The summed E-state index contributed by atoms with van der Waals surface area (Å²) in [5.41, 5.74) is 6.31. The van der Waals surface area contributed by atoms with Crippen molar-refractivity contribution in [2.45, 2.75) is 6.54 Å². The van der Waals surface area contributed by atoms with Gasteiger partial charge in [-0.1, -0.05) is 0 Å². The average Bonchev–Trinajstić information content (AvgIpc) is 2.71. The maximum absolute atomic E-state index is 5.35. The predicted molar refractivity (Wildman–Crippen MR) is 58.2 cm³/mol. The predicted octanol–water partition coefficient (Wildman–Crippen LogP) is 1.86. The van der Waals surface area contributed by atoms with Crippen LogP contribution in [0.4, 0.5) is 0 Å². The van der Waals surface area contributed by atoms with Crippen LogP contribution in [-0.4, -0.2) is 10.2 Å². The van der Waals surface area contributed by atoms with Gasteiger partial charge in [-0.15, -0.1) is 21.5 Å². The Hall–Kier alpha value is -0.470. The van der Waals surface area contributed by atoms with Gasteiger partial charge in [0.25, 0.3) is 0 Å². The topological polar surface area (TPSA) is 64.9 Å². The molecule has 0 amide bonds. The van der Waals surface area contributed by atoms with Crippen LogP contribution in [0.5, 0.6) is 0 Å². The summed E-state index contributed by atoms with van der Waals surface area (Å²) in [6, 6.07) is 2.00. The normalized spacial score (nSPS) is 10.6. The van der Waals surface area contributed by atoms with Crippen LogP contribution < -0.4 is 5.73 Å². The van der Waals surface area contributed by atoms with Crippen molar-refractivity contribution < 1.29 is 4.42 Å². The number of halogens is 1. The second-order valence-corrected chi connectivity index (χ2v) is 5.15. The molecule has 0 aliphatic carbocycles. The van der Waals surface area contributed by atoms with Crippen molar-refractivity contribution in [1.29, 1.82) is 0 Å². The van der Waals surface area contributed by atoms with Gasteiger partial charge in [-0.3, -0.25) is 0 Å². The van der Waals surface area contributed by atoms with Gasteiger partial charge in [0.1, 0.15) is 0 Å². The SMILES string of the molecule is NCc1nnc(-c2csc(I)c2)o1. The summed E-state index contributed by atoms with van der Waals surface area (Å²) in [4.78, 5) is 0. The van der Waals surface area contributed by atoms with E-state index in [1.807, 2.05) is 11.4 Å². The van der Waals surface area contributed by atoms with E-state index in [4.69, 9.17) is 10.2 Å². The van der Waals surface area contributed by atoms with Crippen LogP contribution >= 0.6 is 33.9 Å². The van der Waals surface area contributed by atoms with Crippen LogP contribution in [-0.2, 0) is 6.54 Å². The third-order valence-electron chi connectivity index (χ3n) is 1.46. The molecule has 0 radical (unpaired) electrons. The highest BCUT2D eigenvalue weighted by Gasteiger charge is 2.08. The summed E-state index contributed by atoms with van der Waals surface area (Å²) >= 11 is 3.89. The lowest BCUT2D eigenvalue weighted by molar-refractivity contribution is 0.509. The Morgan fingerprint density at radius 2 is 2.38 bits per heavy atom. The van der Waals surface area contributed by atoms with E-state index in [0.717, 1.165) is 5.56 Å². The first-order chi connectivity index (χ1) is 6.29. The monoisotopic (exact) mass is 307 g/mol. The van der Waals surface area contributed by atoms with Crippen LogP contribution in [0.15, 0.2) is 15.9 Å². The van der Waals surface area contributed by atoms with E-state index in [1.54, 1.807) is 11.3 Å². The van der Waals surface area contributed by atoms with Crippen LogP contribution in [0.1, 0.15) is 5.89 Å². The van der Waals surface area contributed by atoms with Gasteiger partial charge in [0.05, 0.1) is 15.0 Å². The summed E-state index contributed by atoms with van der Waals surface area (Å²) in [6.45, 7) is 0.286. The summed E-state index contributed by atoms with van der Waals surface area (Å²) in [6.07, 6.45) is 0. The molecule has 0 saturated carbocycles. The standard InChI is InChI=1S/C7H6IN3OS/c8-5-1-4(3-13-5)7-11-10-6(2-9)12-7/h1,3H,2,9H2. The molecule has 0 spiro atoms. The molecule has 13 heavy (non-hydrogen) atoms. The lowest BCUT2D eigenvalue weighted by Gasteiger charge is -1.85. The van der Waals surface area contributed by atoms with Crippen molar-refractivity contribution in [2.75, 3.05) is 0 Å². The number of aromatic nitrogens is 2. The number of hydrogen-bond acceptors (Lipinski definition) is 5. The van der Waals surface area contributed by atoms with Crippen molar-refractivity contribution in [3.63, 3.8) is 0 Å². The van der Waals surface area contributed by atoms with E-state index < -0.39 is 0 Å². The molecule has 2 heterocycles. The Balaban J connectivity index is 2.35. The van der Waals surface area contributed by atoms with Crippen LogP contribution in [0.3, 0.4) is 0 Å². The smallest absolute Gasteiger partial charge is 0.248 e. The van der Waals surface area contributed by atoms with E-state index in [1.165, 1.54) is 2.88 Å². The Morgan fingerprint density at radius 1 is 1.54 bits per heavy atom. The molecule has 0 bridgehead atoms. The molecule has 0 saturated heterocycles. The average molecular weight is 307 g/mol. The molecule has 68 valence electrons. The zero-order valence-electron chi connectivity index (χ0n) is 6.53. The molecule has 0 aliphatic heterocycles. The highest BCUT2D eigenvalue weighted by Crippen LogP contribution is 2.25. The number of rotatable bonds is 2. The molecule has 2 N–H and O–H groups in total. The van der Waals surface area contributed by atoms with Gasteiger partial charge in [0, 0.05) is 5.38 Å². The van der Waals surface area contributed by atoms with Crippen LogP contribution in [0.25, 0.3) is 11.5 Å². The minimum absolute atomic E-state index is 0.286. The summed E-state index contributed by atoms with van der Waals surface area (Å²) in [5, 5.41) is 9.64. The quantitative estimate of drug-likeness (QED) is 0.860. The molecular formula is C7H6IN3OS. The van der Waals surface area contributed by atoms with E-state index in [9.17, 15) is 0 Å². The second kappa shape index (κ2) is 3.72. The van der Waals surface area contributed by atoms with Gasteiger partial charge in [-0.2, -0.15) is 0 Å². The molecule has 4 nitrogen and oxygen atoms in total. The van der Waals surface area contributed by atoms with E-state index >= 15 is 0 Å². The lowest BCUT2D eigenvalue weighted by Crippen LogP contribution is -1.95. The van der Waals surface area contributed by atoms with Crippen molar-refractivity contribution in [1.82, 2.24) is 10.2 Å². The first kappa shape index (κ1) is 9.10. The highest BCUT2D eigenvalue weighted by molar-refractivity contribution is 14.1. The molecule has 0 atom stereocenters. The summed E-state index contributed by atoms with van der Waals surface area (Å²) in [5.74, 6) is 1.01. The molecule has 0 unspecified atom stereocenters. The maximum atomic E-state index is 5.35. The number of nitrogens with zero attached hydrogens (tertiary/aromatic N) is 2. The zero-order valence-corrected chi connectivity index (χ0v) is 9.50. The number of nitrogens with two attached hydrogens (primary N) is 1. The van der Waals surface area contributed by atoms with Crippen LogP contribution in [0.2, 0.25) is 0 Å². The van der Waals surface area contributed by atoms with Gasteiger partial charge in [0.2, 0.25) is 11.8 Å². The fourth-order valence-electron chi connectivity index (χ4n) is 0.875. The fourth-order valence-corrected chi connectivity index (χ4v) is 2.20. The molecule has 2 rings (SSSR count).